The number of hydrogen-bond donors (Lipinski definition) is 1. The molecule has 1 aliphatic heterocycles. The monoisotopic (exact) mass is 214 g/mol. The third kappa shape index (κ3) is 2.12. The van der Waals surface area contributed by atoms with E-state index < -0.39 is 11.7 Å². The second kappa shape index (κ2) is 3.81. The maximum atomic E-state index is 11.6. The topological polar surface area (TPSA) is 59.9 Å². The summed E-state index contributed by atoms with van der Waals surface area (Å²) in [6.45, 7) is 6.08. The van der Waals surface area contributed by atoms with Crippen LogP contribution in [-0.2, 0) is 14.4 Å². The Hall–Kier alpha value is -1.10. The number of ether oxygens (including phenoxy) is 1. The van der Waals surface area contributed by atoms with Gasteiger partial charge in [0.2, 0.25) is 0 Å². The van der Waals surface area contributed by atoms with Crippen molar-refractivity contribution < 1.29 is 14.4 Å². The Morgan fingerprint density at radius 1 is 1.60 bits per heavy atom. The second-order valence-corrected chi connectivity index (χ2v) is 4.62. The molecular weight excluding hydrogens is 196 g/mol. The quantitative estimate of drug-likeness (QED) is 0.694. The van der Waals surface area contributed by atoms with Crippen LogP contribution in [0.4, 0.5) is 0 Å². The Kier molecular flexibility index (Phi) is 3.04. The van der Waals surface area contributed by atoms with E-state index in [1.54, 1.807) is 7.05 Å². The minimum atomic E-state index is -1.14. The lowest BCUT2D eigenvalue weighted by Crippen LogP contribution is -2.51. The summed E-state index contributed by atoms with van der Waals surface area (Å²) in [7, 11) is 2.98. The molecule has 0 aromatic carbocycles. The van der Waals surface area contributed by atoms with E-state index in [1.807, 2.05) is 20.8 Å². The molecular formula is C10H18N2O3. The van der Waals surface area contributed by atoms with Crippen molar-refractivity contribution in [1.29, 1.82) is 0 Å². The van der Waals surface area contributed by atoms with E-state index in [2.05, 4.69) is 15.2 Å². The second-order valence-electron chi connectivity index (χ2n) is 4.62. The van der Waals surface area contributed by atoms with Crippen molar-refractivity contribution in [3.63, 3.8) is 0 Å². The standard InChI is InChI=1S/C10H18N2O3/c1-9(2,3)7-6-10(11-4,15-12-7)8(13)14-5/h11H,6H2,1-5H3. The summed E-state index contributed by atoms with van der Waals surface area (Å²) in [6, 6.07) is 0. The normalized spacial score (nSPS) is 25.8. The lowest BCUT2D eigenvalue weighted by atomic mass is 9.86. The molecule has 0 bridgehead atoms. The first-order chi connectivity index (χ1) is 6.85. The molecule has 0 saturated heterocycles. The van der Waals surface area contributed by atoms with Gasteiger partial charge in [-0.1, -0.05) is 25.9 Å². The molecule has 0 aliphatic carbocycles. The van der Waals surface area contributed by atoms with Crippen LogP contribution in [-0.4, -0.2) is 31.6 Å². The molecule has 1 unspecified atom stereocenters. The Morgan fingerprint density at radius 3 is 2.53 bits per heavy atom. The van der Waals surface area contributed by atoms with Crippen LogP contribution in [0, 0.1) is 5.41 Å². The first kappa shape index (κ1) is 12.0. The lowest BCUT2D eigenvalue weighted by Gasteiger charge is -2.24. The van der Waals surface area contributed by atoms with Crippen LogP contribution < -0.4 is 5.32 Å². The van der Waals surface area contributed by atoms with Gasteiger partial charge in [-0.2, -0.15) is 0 Å². The van der Waals surface area contributed by atoms with E-state index in [0.29, 0.717) is 6.42 Å². The highest BCUT2D eigenvalue weighted by molar-refractivity contribution is 5.96. The number of nitrogens with zero attached hydrogens (tertiary/aromatic N) is 1. The summed E-state index contributed by atoms with van der Waals surface area (Å²) in [5.74, 6) is -0.451. The molecule has 15 heavy (non-hydrogen) atoms. The molecule has 1 rings (SSSR count). The smallest absolute Gasteiger partial charge is 0.369 e. The number of oxime groups is 1. The third-order valence-electron chi connectivity index (χ3n) is 2.51. The summed E-state index contributed by atoms with van der Waals surface area (Å²) < 4.78 is 4.69. The highest BCUT2D eigenvalue weighted by atomic mass is 16.7. The van der Waals surface area contributed by atoms with E-state index >= 15 is 0 Å². The predicted molar refractivity (Wildman–Crippen MR) is 56.4 cm³/mol. The van der Waals surface area contributed by atoms with Crippen LogP contribution >= 0.6 is 0 Å². The average molecular weight is 214 g/mol. The molecule has 86 valence electrons. The van der Waals surface area contributed by atoms with Gasteiger partial charge in [0.15, 0.2) is 0 Å². The Balaban J connectivity index is 2.83. The van der Waals surface area contributed by atoms with Crippen LogP contribution in [0.2, 0.25) is 0 Å². The van der Waals surface area contributed by atoms with Crippen molar-refractivity contribution in [3.05, 3.63) is 0 Å². The maximum absolute atomic E-state index is 11.6. The van der Waals surface area contributed by atoms with Gasteiger partial charge in [-0.15, -0.1) is 0 Å². The molecule has 0 aromatic rings. The van der Waals surface area contributed by atoms with Gasteiger partial charge in [0, 0.05) is 5.41 Å². The van der Waals surface area contributed by atoms with Gasteiger partial charge in [-0.25, -0.2) is 4.79 Å². The van der Waals surface area contributed by atoms with Crippen molar-refractivity contribution in [3.8, 4) is 0 Å². The van der Waals surface area contributed by atoms with Gasteiger partial charge in [0.1, 0.15) is 0 Å². The first-order valence-electron chi connectivity index (χ1n) is 4.88. The molecule has 0 spiro atoms. The first-order valence-corrected chi connectivity index (χ1v) is 4.88. The summed E-state index contributed by atoms with van der Waals surface area (Å²) in [4.78, 5) is 16.7. The van der Waals surface area contributed by atoms with Crippen molar-refractivity contribution >= 4 is 11.7 Å². The molecule has 0 aromatic heterocycles. The number of rotatable bonds is 2. The molecule has 1 heterocycles. The number of esters is 1. The van der Waals surface area contributed by atoms with Crippen LogP contribution in [0.1, 0.15) is 27.2 Å². The van der Waals surface area contributed by atoms with Crippen molar-refractivity contribution in [2.24, 2.45) is 10.6 Å². The summed E-state index contributed by atoms with van der Waals surface area (Å²) in [6.07, 6.45) is 0.416. The molecule has 5 heteroatoms. The fourth-order valence-corrected chi connectivity index (χ4v) is 1.35. The summed E-state index contributed by atoms with van der Waals surface area (Å²) in [5.41, 5.74) is -0.397. The number of nitrogens with one attached hydrogen (secondary N) is 1. The predicted octanol–water partition coefficient (Wildman–Crippen LogP) is 0.897. The van der Waals surface area contributed by atoms with Crippen LogP contribution in [0.25, 0.3) is 0 Å². The highest BCUT2D eigenvalue weighted by Crippen LogP contribution is 2.30. The average Bonchev–Trinajstić information content (AvgIpc) is 2.61. The fourth-order valence-electron chi connectivity index (χ4n) is 1.35. The molecule has 1 N–H and O–H groups in total. The highest BCUT2D eigenvalue weighted by Gasteiger charge is 2.48. The Bertz CT molecular complexity index is 294. The number of hydrogen-bond acceptors (Lipinski definition) is 5. The third-order valence-corrected chi connectivity index (χ3v) is 2.51. The molecule has 1 atom stereocenters. The summed E-state index contributed by atoms with van der Waals surface area (Å²) >= 11 is 0. The van der Waals surface area contributed by atoms with Crippen molar-refractivity contribution in [2.45, 2.75) is 32.9 Å². The van der Waals surface area contributed by atoms with Crippen molar-refractivity contribution in [1.82, 2.24) is 5.32 Å². The molecule has 1 aliphatic rings. The zero-order valence-corrected chi connectivity index (χ0v) is 9.88. The number of carbonyl (C=O) groups excluding carboxylic acids is 1. The largest absolute Gasteiger partial charge is 0.465 e. The summed E-state index contributed by atoms with van der Waals surface area (Å²) in [5, 5.41) is 6.77. The van der Waals surface area contributed by atoms with Gasteiger partial charge in [-0.05, 0) is 7.05 Å². The molecule has 5 nitrogen and oxygen atoms in total. The van der Waals surface area contributed by atoms with Gasteiger partial charge in [0.25, 0.3) is 5.72 Å². The van der Waals surface area contributed by atoms with Gasteiger partial charge in [-0.3, -0.25) is 5.32 Å². The minimum Gasteiger partial charge on any atom is -0.465 e. The molecule has 0 saturated carbocycles. The van der Waals surface area contributed by atoms with Gasteiger partial charge >= 0.3 is 5.97 Å². The van der Waals surface area contributed by atoms with Crippen LogP contribution in [0.15, 0.2) is 5.16 Å². The minimum absolute atomic E-state index is 0.105. The Labute approximate surface area is 89.8 Å². The van der Waals surface area contributed by atoms with E-state index in [-0.39, 0.29) is 5.41 Å². The number of carbonyl (C=O) groups is 1. The van der Waals surface area contributed by atoms with Crippen LogP contribution in [0.3, 0.4) is 0 Å². The maximum Gasteiger partial charge on any atom is 0.369 e. The molecule has 0 radical (unpaired) electrons. The van der Waals surface area contributed by atoms with Crippen molar-refractivity contribution in [2.75, 3.05) is 14.2 Å². The zero-order chi connectivity index (χ0) is 11.7. The molecule has 0 amide bonds. The van der Waals surface area contributed by atoms with E-state index in [9.17, 15) is 4.79 Å². The fraction of sp³-hybridized carbons (Fsp3) is 0.800. The number of methoxy groups -OCH3 is 1. The Morgan fingerprint density at radius 2 is 2.20 bits per heavy atom. The van der Waals surface area contributed by atoms with E-state index in [0.717, 1.165) is 5.71 Å². The van der Waals surface area contributed by atoms with E-state index in [4.69, 9.17) is 4.84 Å². The van der Waals surface area contributed by atoms with Gasteiger partial charge in [0.05, 0.1) is 19.2 Å². The zero-order valence-electron chi connectivity index (χ0n) is 9.88. The van der Waals surface area contributed by atoms with E-state index in [1.165, 1.54) is 7.11 Å². The SMILES string of the molecule is CNC1(C(=O)OC)CC(C(C)(C)C)=NO1. The lowest BCUT2D eigenvalue weighted by molar-refractivity contribution is -0.170. The molecule has 0 fully saturated rings. The van der Waals surface area contributed by atoms with Crippen LogP contribution in [0.5, 0.6) is 0 Å². The number of likely N-dealkylation sites (N-methyl/N-ethyl adjacent to an activating group) is 1. The van der Waals surface area contributed by atoms with Gasteiger partial charge < -0.3 is 9.57 Å².